The molecule has 3 rings (SSSR count). The summed E-state index contributed by atoms with van der Waals surface area (Å²) < 4.78 is 1.94. The Morgan fingerprint density at radius 2 is 2.24 bits per heavy atom. The van der Waals surface area contributed by atoms with Crippen molar-refractivity contribution in [2.45, 2.75) is 45.2 Å². The first-order valence-corrected chi connectivity index (χ1v) is 8.96. The minimum Gasteiger partial charge on any atom is -0.359 e. The fraction of sp³-hybridized carbons (Fsp3) is 0.526. The summed E-state index contributed by atoms with van der Waals surface area (Å²) in [5.41, 5.74) is 4.57. The van der Waals surface area contributed by atoms with Crippen LogP contribution in [0.3, 0.4) is 0 Å². The molecule has 0 saturated carbocycles. The van der Waals surface area contributed by atoms with E-state index in [4.69, 9.17) is 4.98 Å². The van der Waals surface area contributed by atoms with Crippen molar-refractivity contribution in [2.24, 2.45) is 7.05 Å². The van der Waals surface area contributed by atoms with Crippen LogP contribution < -0.4 is 5.32 Å². The van der Waals surface area contributed by atoms with Crippen molar-refractivity contribution in [3.63, 3.8) is 0 Å². The molecule has 1 atom stereocenters. The summed E-state index contributed by atoms with van der Waals surface area (Å²) in [6.45, 7) is 4.01. The number of carbonyl (C=O) groups is 1. The molecule has 0 bridgehead atoms. The van der Waals surface area contributed by atoms with Crippen LogP contribution in [0.25, 0.3) is 0 Å². The minimum absolute atomic E-state index is 0.0784. The first-order chi connectivity index (χ1) is 12.1. The number of aromatic nitrogens is 3. The maximum atomic E-state index is 11.5. The minimum atomic E-state index is 0.0784. The molecule has 1 N–H and O–H groups in total. The van der Waals surface area contributed by atoms with Crippen molar-refractivity contribution in [2.75, 3.05) is 13.6 Å². The Morgan fingerprint density at radius 1 is 1.40 bits per heavy atom. The van der Waals surface area contributed by atoms with Gasteiger partial charge in [-0.05, 0) is 56.5 Å². The fourth-order valence-corrected chi connectivity index (χ4v) is 3.58. The van der Waals surface area contributed by atoms with Gasteiger partial charge in [-0.15, -0.1) is 0 Å². The van der Waals surface area contributed by atoms with Crippen LogP contribution in [0.5, 0.6) is 0 Å². The van der Waals surface area contributed by atoms with Crippen LogP contribution >= 0.6 is 0 Å². The van der Waals surface area contributed by atoms with Gasteiger partial charge in [-0.2, -0.15) is 5.10 Å². The summed E-state index contributed by atoms with van der Waals surface area (Å²) in [5.74, 6) is 0.0784. The van der Waals surface area contributed by atoms with Crippen molar-refractivity contribution in [3.05, 3.63) is 47.0 Å². The first-order valence-electron chi connectivity index (χ1n) is 8.96. The summed E-state index contributed by atoms with van der Waals surface area (Å²) in [6.07, 6.45) is 5.43. The molecule has 1 fully saturated rings. The molecule has 25 heavy (non-hydrogen) atoms. The molecule has 1 amide bonds. The third kappa shape index (κ3) is 4.25. The van der Waals surface area contributed by atoms with E-state index in [0.717, 1.165) is 37.3 Å². The van der Waals surface area contributed by atoms with Gasteiger partial charge in [-0.3, -0.25) is 19.4 Å². The van der Waals surface area contributed by atoms with Crippen molar-refractivity contribution in [3.8, 4) is 0 Å². The second kappa shape index (κ2) is 7.78. The molecule has 0 aromatic carbocycles. The van der Waals surface area contributed by atoms with Gasteiger partial charge in [-0.25, -0.2) is 0 Å². The molecule has 1 saturated heterocycles. The number of hydrogen-bond acceptors (Lipinski definition) is 4. The summed E-state index contributed by atoms with van der Waals surface area (Å²) in [6, 6.07) is 6.69. The van der Waals surface area contributed by atoms with Gasteiger partial charge in [0.05, 0.1) is 17.4 Å². The van der Waals surface area contributed by atoms with Crippen molar-refractivity contribution in [1.82, 2.24) is 25.0 Å². The molecule has 0 radical (unpaired) electrons. The van der Waals surface area contributed by atoms with Crippen LogP contribution in [0.1, 0.15) is 47.9 Å². The number of rotatable bonds is 6. The van der Waals surface area contributed by atoms with E-state index in [-0.39, 0.29) is 5.91 Å². The second-order valence-electron chi connectivity index (χ2n) is 6.79. The molecular formula is C19H27N5O. The summed E-state index contributed by atoms with van der Waals surface area (Å²) in [4.78, 5) is 18.8. The molecule has 134 valence electrons. The van der Waals surface area contributed by atoms with Crippen molar-refractivity contribution < 1.29 is 4.79 Å². The molecule has 1 aliphatic rings. The van der Waals surface area contributed by atoms with E-state index in [1.807, 2.05) is 24.9 Å². The molecule has 2 aromatic heterocycles. The Labute approximate surface area is 149 Å². The molecule has 0 aliphatic carbocycles. The monoisotopic (exact) mass is 341 g/mol. The summed E-state index contributed by atoms with van der Waals surface area (Å²) in [7, 11) is 3.67. The maximum absolute atomic E-state index is 11.5. The van der Waals surface area contributed by atoms with E-state index in [1.54, 1.807) is 7.05 Å². The highest BCUT2D eigenvalue weighted by Crippen LogP contribution is 2.32. The maximum Gasteiger partial charge on any atom is 0.220 e. The predicted molar refractivity (Wildman–Crippen MR) is 97.0 cm³/mol. The second-order valence-corrected chi connectivity index (χ2v) is 6.79. The van der Waals surface area contributed by atoms with Crippen molar-refractivity contribution in [1.29, 1.82) is 0 Å². The highest BCUT2D eigenvalue weighted by Gasteiger charge is 2.28. The van der Waals surface area contributed by atoms with E-state index in [2.05, 4.69) is 33.5 Å². The molecule has 1 unspecified atom stereocenters. The lowest BCUT2D eigenvalue weighted by molar-refractivity contribution is -0.120. The standard InChI is InChI=1S/C19H27N5O/c1-14-11-15(6-7-19(25)20-2)12-17(22-14)18-5-4-10-24(18)13-16-8-9-21-23(16)3/h8-9,11-12,18H,4-7,10,13H2,1-3H3,(H,20,25). The van der Waals surface area contributed by atoms with Crippen LogP contribution in [-0.2, 0) is 24.8 Å². The van der Waals surface area contributed by atoms with Crippen LogP contribution in [0.2, 0.25) is 0 Å². The van der Waals surface area contributed by atoms with Crippen molar-refractivity contribution >= 4 is 5.91 Å². The highest BCUT2D eigenvalue weighted by atomic mass is 16.1. The zero-order valence-corrected chi connectivity index (χ0v) is 15.3. The largest absolute Gasteiger partial charge is 0.359 e. The lowest BCUT2D eigenvalue weighted by atomic mass is 10.0. The third-order valence-electron chi connectivity index (χ3n) is 4.95. The molecule has 1 aliphatic heterocycles. The molecule has 0 spiro atoms. The van der Waals surface area contributed by atoms with E-state index in [0.29, 0.717) is 12.5 Å². The smallest absolute Gasteiger partial charge is 0.220 e. The number of amides is 1. The number of aryl methyl sites for hydroxylation is 3. The first kappa shape index (κ1) is 17.6. The van der Waals surface area contributed by atoms with Crippen LogP contribution in [0, 0.1) is 6.92 Å². The lowest BCUT2D eigenvalue weighted by Crippen LogP contribution is -2.25. The fourth-order valence-electron chi connectivity index (χ4n) is 3.58. The average molecular weight is 341 g/mol. The number of likely N-dealkylation sites (tertiary alicyclic amines) is 1. The van der Waals surface area contributed by atoms with Gasteiger partial charge in [-0.1, -0.05) is 0 Å². The number of hydrogen-bond donors (Lipinski definition) is 1. The van der Waals surface area contributed by atoms with Gasteiger partial charge in [0.15, 0.2) is 0 Å². The molecule has 2 aromatic rings. The van der Waals surface area contributed by atoms with Gasteiger partial charge in [0.2, 0.25) is 5.91 Å². The highest BCUT2D eigenvalue weighted by molar-refractivity contribution is 5.75. The van der Waals surface area contributed by atoms with Gasteiger partial charge >= 0.3 is 0 Å². The van der Waals surface area contributed by atoms with E-state index < -0.39 is 0 Å². The Morgan fingerprint density at radius 3 is 2.96 bits per heavy atom. The Hall–Kier alpha value is -2.21. The normalized spacial score (nSPS) is 17.8. The number of nitrogens with zero attached hydrogens (tertiary/aromatic N) is 4. The average Bonchev–Trinajstić information content (AvgIpc) is 3.22. The van der Waals surface area contributed by atoms with Crippen LogP contribution in [0.15, 0.2) is 24.4 Å². The molecular weight excluding hydrogens is 314 g/mol. The number of nitrogens with one attached hydrogen (secondary N) is 1. The molecule has 3 heterocycles. The Bertz CT molecular complexity index is 739. The predicted octanol–water partition coefficient (Wildman–Crippen LogP) is 2.14. The topological polar surface area (TPSA) is 63.1 Å². The summed E-state index contributed by atoms with van der Waals surface area (Å²) >= 11 is 0. The zero-order valence-electron chi connectivity index (χ0n) is 15.3. The number of pyridine rings is 1. The molecule has 6 heteroatoms. The van der Waals surface area contributed by atoms with E-state index in [9.17, 15) is 4.79 Å². The van der Waals surface area contributed by atoms with Crippen LogP contribution in [0.4, 0.5) is 0 Å². The van der Waals surface area contributed by atoms with Gasteiger partial charge < -0.3 is 5.32 Å². The Kier molecular flexibility index (Phi) is 5.48. The lowest BCUT2D eigenvalue weighted by Gasteiger charge is -2.24. The SMILES string of the molecule is CNC(=O)CCc1cc(C)nc(C2CCCN2Cc2ccnn2C)c1. The van der Waals surface area contributed by atoms with E-state index >= 15 is 0 Å². The van der Waals surface area contributed by atoms with E-state index in [1.165, 1.54) is 17.7 Å². The van der Waals surface area contributed by atoms with Gasteiger partial charge in [0.1, 0.15) is 0 Å². The third-order valence-corrected chi connectivity index (χ3v) is 4.95. The Balaban J connectivity index is 1.76. The number of carbonyl (C=O) groups excluding carboxylic acids is 1. The summed E-state index contributed by atoms with van der Waals surface area (Å²) in [5, 5.41) is 6.96. The molecule has 6 nitrogen and oxygen atoms in total. The van der Waals surface area contributed by atoms with Gasteiger partial charge in [0.25, 0.3) is 0 Å². The zero-order chi connectivity index (χ0) is 17.8. The quantitative estimate of drug-likeness (QED) is 0.874. The van der Waals surface area contributed by atoms with Gasteiger partial charge in [0, 0.05) is 39.0 Å². The van der Waals surface area contributed by atoms with Crippen LogP contribution in [-0.4, -0.2) is 39.2 Å².